The molecule has 24 heavy (non-hydrogen) atoms. The number of amides is 1. The Kier molecular flexibility index (Phi) is 4.40. The van der Waals surface area contributed by atoms with E-state index in [1.807, 2.05) is 31.5 Å². The number of aryl methyl sites for hydroxylation is 3. The lowest BCUT2D eigenvalue weighted by molar-refractivity contribution is 0.0783. The molecule has 126 valence electrons. The first-order valence-corrected chi connectivity index (χ1v) is 8.49. The van der Waals surface area contributed by atoms with Gasteiger partial charge in [-0.05, 0) is 42.8 Å². The fourth-order valence-electron chi connectivity index (χ4n) is 2.74. The molecule has 0 aliphatic heterocycles. The maximum Gasteiger partial charge on any atom is 0.259 e. The van der Waals surface area contributed by atoms with Crippen LogP contribution in [0.5, 0.6) is 0 Å². The molecule has 0 fully saturated rings. The van der Waals surface area contributed by atoms with Gasteiger partial charge in [-0.2, -0.15) is 10.2 Å². The normalized spacial score (nSPS) is 11.2. The topological polar surface area (TPSA) is 68.3 Å². The van der Waals surface area contributed by atoms with Gasteiger partial charge in [0, 0.05) is 25.0 Å². The summed E-state index contributed by atoms with van der Waals surface area (Å²) >= 11 is 3.49. The van der Waals surface area contributed by atoms with Gasteiger partial charge in [-0.15, -0.1) is 0 Å². The van der Waals surface area contributed by atoms with Crippen molar-refractivity contribution in [1.82, 2.24) is 29.3 Å². The highest BCUT2D eigenvalue weighted by Gasteiger charge is 2.21. The van der Waals surface area contributed by atoms with Crippen molar-refractivity contribution < 1.29 is 4.79 Å². The molecule has 3 aromatic heterocycles. The summed E-state index contributed by atoms with van der Waals surface area (Å²) in [5, 5.41) is 8.58. The van der Waals surface area contributed by atoms with Crippen molar-refractivity contribution in [1.29, 1.82) is 0 Å². The number of rotatable bonds is 4. The number of halogens is 1. The van der Waals surface area contributed by atoms with E-state index in [0.717, 1.165) is 28.1 Å². The van der Waals surface area contributed by atoms with Crippen molar-refractivity contribution in [2.45, 2.75) is 33.9 Å². The third kappa shape index (κ3) is 2.82. The van der Waals surface area contributed by atoms with Crippen molar-refractivity contribution in [3.63, 3.8) is 0 Å². The molecular formula is C16H19BrN6O. The summed E-state index contributed by atoms with van der Waals surface area (Å²) in [4.78, 5) is 19.0. The molecule has 3 aromatic rings. The predicted octanol–water partition coefficient (Wildman–Crippen LogP) is 2.60. The Morgan fingerprint density at radius 3 is 2.75 bits per heavy atom. The molecule has 0 atom stereocenters. The minimum atomic E-state index is -0.113. The molecule has 0 spiro atoms. The Morgan fingerprint density at radius 1 is 1.29 bits per heavy atom. The van der Waals surface area contributed by atoms with Gasteiger partial charge in [-0.3, -0.25) is 9.48 Å². The zero-order valence-corrected chi connectivity index (χ0v) is 15.7. The Morgan fingerprint density at radius 2 is 2.04 bits per heavy atom. The third-order valence-electron chi connectivity index (χ3n) is 3.94. The number of carbonyl (C=O) groups excluding carboxylic acids is 1. The summed E-state index contributed by atoms with van der Waals surface area (Å²) in [6.45, 7) is 7.08. The van der Waals surface area contributed by atoms with Crippen LogP contribution in [0.15, 0.2) is 22.9 Å². The molecule has 1 amide bonds. The minimum Gasteiger partial charge on any atom is -0.336 e. The Balaban J connectivity index is 1.93. The van der Waals surface area contributed by atoms with Crippen LogP contribution in [0.4, 0.5) is 0 Å². The van der Waals surface area contributed by atoms with E-state index in [1.165, 1.54) is 0 Å². The van der Waals surface area contributed by atoms with E-state index in [-0.39, 0.29) is 5.91 Å². The van der Waals surface area contributed by atoms with Crippen LogP contribution in [-0.4, -0.2) is 42.2 Å². The van der Waals surface area contributed by atoms with Crippen molar-refractivity contribution in [3.8, 4) is 0 Å². The van der Waals surface area contributed by atoms with Crippen molar-refractivity contribution >= 4 is 27.5 Å². The standard InChI is InChI=1S/C16H19BrN6O/c1-5-22-14(13(17)8-18-22)9-21(4)16(24)12-7-19-23-11(3)6-10(2)20-15(12)23/h6-8H,5,9H2,1-4H3. The molecule has 0 bridgehead atoms. The lowest BCUT2D eigenvalue weighted by Gasteiger charge is -2.17. The largest absolute Gasteiger partial charge is 0.336 e. The van der Waals surface area contributed by atoms with E-state index < -0.39 is 0 Å². The first-order chi connectivity index (χ1) is 11.4. The second-order valence-electron chi connectivity index (χ2n) is 5.75. The molecule has 0 aliphatic carbocycles. The lowest BCUT2D eigenvalue weighted by Crippen LogP contribution is -2.27. The Hall–Kier alpha value is -2.22. The Labute approximate surface area is 148 Å². The Bertz CT molecular complexity index is 913. The first-order valence-electron chi connectivity index (χ1n) is 7.70. The number of nitrogens with zero attached hydrogens (tertiary/aromatic N) is 6. The van der Waals surface area contributed by atoms with Crippen LogP contribution >= 0.6 is 15.9 Å². The average molecular weight is 391 g/mol. The number of aromatic nitrogens is 5. The second-order valence-corrected chi connectivity index (χ2v) is 6.60. The summed E-state index contributed by atoms with van der Waals surface area (Å²) in [5.74, 6) is -0.113. The van der Waals surface area contributed by atoms with Crippen LogP contribution in [0.2, 0.25) is 0 Å². The van der Waals surface area contributed by atoms with Crippen molar-refractivity contribution in [2.75, 3.05) is 7.05 Å². The van der Waals surface area contributed by atoms with E-state index in [2.05, 4.69) is 31.1 Å². The minimum absolute atomic E-state index is 0.113. The van der Waals surface area contributed by atoms with Crippen LogP contribution in [0.25, 0.3) is 5.65 Å². The second kappa shape index (κ2) is 6.35. The van der Waals surface area contributed by atoms with E-state index in [1.54, 1.807) is 28.9 Å². The highest BCUT2D eigenvalue weighted by atomic mass is 79.9. The zero-order valence-electron chi connectivity index (χ0n) is 14.1. The highest BCUT2D eigenvalue weighted by Crippen LogP contribution is 2.20. The van der Waals surface area contributed by atoms with Crippen molar-refractivity contribution in [2.24, 2.45) is 0 Å². The molecule has 0 saturated heterocycles. The van der Waals surface area contributed by atoms with Gasteiger partial charge in [-0.1, -0.05) is 0 Å². The van der Waals surface area contributed by atoms with Crippen LogP contribution < -0.4 is 0 Å². The smallest absolute Gasteiger partial charge is 0.259 e. The fraction of sp³-hybridized carbons (Fsp3) is 0.375. The van der Waals surface area contributed by atoms with Gasteiger partial charge in [0.15, 0.2) is 5.65 Å². The average Bonchev–Trinajstić information content (AvgIpc) is 3.11. The lowest BCUT2D eigenvalue weighted by atomic mass is 10.2. The molecule has 0 aromatic carbocycles. The maximum absolute atomic E-state index is 12.9. The summed E-state index contributed by atoms with van der Waals surface area (Å²) in [6, 6.07) is 1.94. The van der Waals surface area contributed by atoms with Gasteiger partial charge in [0.25, 0.3) is 5.91 Å². The molecule has 3 heterocycles. The highest BCUT2D eigenvalue weighted by molar-refractivity contribution is 9.10. The zero-order chi connectivity index (χ0) is 17.4. The molecule has 8 heteroatoms. The summed E-state index contributed by atoms with van der Waals surface area (Å²) in [5.41, 5.74) is 3.87. The van der Waals surface area contributed by atoms with Gasteiger partial charge in [0.1, 0.15) is 5.56 Å². The van der Waals surface area contributed by atoms with Crippen LogP contribution in [-0.2, 0) is 13.1 Å². The van der Waals surface area contributed by atoms with Crippen LogP contribution in [0.1, 0.15) is 34.4 Å². The molecule has 0 unspecified atom stereocenters. The van der Waals surface area contributed by atoms with Crippen LogP contribution in [0.3, 0.4) is 0 Å². The van der Waals surface area contributed by atoms with Gasteiger partial charge in [-0.25, -0.2) is 9.50 Å². The molecule has 3 rings (SSSR count). The van der Waals surface area contributed by atoms with E-state index >= 15 is 0 Å². The first kappa shape index (κ1) is 16.6. The summed E-state index contributed by atoms with van der Waals surface area (Å²) < 4.78 is 4.46. The van der Waals surface area contributed by atoms with Gasteiger partial charge >= 0.3 is 0 Å². The molecular weight excluding hydrogens is 372 g/mol. The number of carbonyl (C=O) groups is 1. The predicted molar refractivity (Wildman–Crippen MR) is 93.9 cm³/mol. The van der Waals surface area contributed by atoms with Crippen LogP contribution in [0, 0.1) is 13.8 Å². The molecule has 0 radical (unpaired) electrons. The quantitative estimate of drug-likeness (QED) is 0.686. The number of hydrogen-bond acceptors (Lipinski definition) is 4. The molecule has 0 aliphatic rings. The van der Waals surface area contributed by atoms with E-state index in [9.17, 15) is 4.79 Å². The summed E-state index contributed by atoms with van der Waals surface area (Å²) in [7, 11) is 1.77. The monoisotopic (exact) mass is 390 g/mol. The van der Waals surface area contributed by atoms with Gasteiger partial charge < -0.3 is 4.90 Å². The van der Waals surface area contributed by atoms with Gasteiger partial charge in [0.05, 0.1) is 29.1 Å². The molecule has 7 nitrogen and oxygen atoms in total. The van der Waals surface area contributed by atoms with Crippen molar-refractivity contribution in [3.05, 3.63) is 45.6 Å². The number of fused-ring (bicyclic) bond motifs is 1. The molecule has 0 N–H and O–H groups in total. The molecule has 0 saturated carbocycles. The fourth-order valence-corrected chi connectivity index (χ4v) is 3.16. The third-order valence-corrected chi connectivity index (χ3v) is 4.60. The van der Waals surface area contributed by atoms with Gasteiger partial charge in [0.2, 0.25) is 0 Å². The summed E-state index contributed by atoms with van der Waals surface area (Å²) in [6.07, 6.45) is 3.33. The maximum atomic E-state index is 12.9. The number of hydrogen-bond donors (Lipinski definition) is 0. The van der Waals surface area contributed by atoms with E-state index in [0.29, 0.717) is 17.8 Å². The van der Waals surface area contributed by atoms with E-state index in [4.69, 9.17) is 0 Å². The SMILES string of the molecule is CCn1ncc(Br)c1CN(C)C(=O)c1cnn2c(C)cc(C)nc12.